The topological polar surface area (TPSA) is 107 Å². The van der Waals surface area contributed by atoms with E-state index >= 15 is 0 Å². The number of pyridine rings is 1. The minimum atomic E-state index is -0.332. The molecule has 6 rings (SSSR count). The van der Waals surface area contributed by atoms with Crippen molar-refractivity contribution in [2.75, 3.05) is 5.32 Å². The van der Waals surface area contributed by atoms with Gasteiger partial charge in [-0.25, -0.2) is 15.0 Å². The molecule has 33 heavy (non-hydrogen) atoms. The van der Waals surface area contributed by atoms with Crippen LogP contribution >= 0.6 is 11.3 Å². The summed E-state index contributed by atoms with van der Waals surface area (Å²) in [6.45, 7) is 1.88. The molecule has 4 heterocycles. The Bertz CT molecular complexity index is 1610. The number of hydrogen-bond donors (Lipinski definition) is 1. The van der Waals surface area contributed by atoms with Gasteiger partial charge in [0.05, 0.1) is 11.8 Å². The molecular weight excluding hydrogens is 436 g/mol. The lowest BCUT2D eigenvalue weighted by atomic mass is 9.99. The van der Waals surface area contributed by atoms with Crippen molar-refractivity contribution in [3.05, 3.63) is 60.0 Å². The van der Waals surface area contributed by atoms with Crippen LogP contribution in [0.3, 0.4) is 0 Å². The summed E-state index contributed by atoms with van der Waals surface area (Å²) in [4.78, 5) is 35.7. The first kappa shape index (κ1) is 19.5. The van der Waals surface area contributed by atoms with Crippen LogP contribution in [0.2, 0.25) is 0 Å². The maximum absolute atomic E-state index is 13.2. The molecule has 4 aromatic heterocycles. The molecule has 0 saturated heterocycles. The molecule has 0 bridgehead atoms. The summed E-state index contributed by atoms with van der Waals surface area (Å²) in [5, 5.41) is 3.27. The van der Waals surface area contributed by atoms with Crippen molar-refractivity contribution in [1.82, 2.24) is 24.9 Å². The van der Waals surface area contributed by atoms with E-state index in [0.717, 1.165) is 29.6 Å². The molecule has 0 atom stereocenters. The Kier molecular flexibility index (Phi) is 4.59. The Balaban J connectivity index is 1.33. The van der Waals surface area contributed by atoms with Gasteiger partial charge in [0.25, 0.3) is 5.91 Å². The number of benzene rings is 1. The molecular formula is C24H16N6O2S. The van der Waals surface area contributed by atoms with Crippen LogP contribution in [0.4, 0.5) is 5.13 Å². The lowest BCUT2D eigenvalue weighted by Crippen LogP contribution is -2.13. The predicted octanol–water partition coefficient (Wildman–Crippen LogP) is 4.61. The Hall–Kier alpha value is -4.16. The van der Waals surface area contributed by atoms with Gasteiger partial charge >= 0.3 is 0 Å². The quantitative estimate of drug-likeness (QED) is 0.398. The molecule has 0 unspecified atom stereocenters. The van der Waals surface area contributed by atoms with Gasteiger partial charge in [-0.05, 0) is 37.8 Å². The molecule has 1 aliphatic carbocycles. The third kappa shape index (κ3) is 3.81. The second kappa shape index (κ2) is 7.76. The van der Waals surface area contributed by atoms with Crippen molar-refractivity contribution >= 4 is 44.0 Å². The Morgan fingerprint density at radius 1 is 1.15 bits per heavy atom. The molecule has 5 aromatic rings. The van der Waals surface area contributed by atoms with Crippen LogP contribution in [0.1, 0.15) is 34.6 Å². The molecule has 1 amide bonds. The molecule has 1 fully saturated rings. The molecule has 8 nitrogen and oxygen atoms in total. The predicted molar refractivity (Wildman–Crippen MR) is 125 cm³/mol. The highest BCUT2D eigenvalue weighted by Gasteiger charge is 2.20. The second-order valence-electron chi connectivity index (χ2n) is 7.78. The lowest BCUT2D eigenvalue weighted by Gasteiger charge is -2.10. The zero-order chi connectivity index (χ0) is 22.4. The van der Waals surface area contributed by atoms with Crippen LogP contribution in [0, 0.1) is 24.7 Å². The van der Waals surface area contributed by atoms with Crippen LogP contribution in [-0.4, -0.2) is 30.8 Å². The fourth-order valence-electron chi connectivity index (χ4n) is 3.47. The number of carbonyl (C=O) groups is 1. The first-order valence-electron chi connectivity index (χ1n) is 10.4. The third-order valence-corrected chi connectivity index (χ3v) is 6.11. The number of aryl methyl sites for hydroxylation is 1. The van der Waals surface area contributed by atoms with Crippen molar-refractivity contribution in [2.24, 2.45) is 5.92 Å². The molecule has 1 saturated carbocycles. The standard InChI is InChI=1S/C24H16N6O2S/c1-13-9-17(16-3-2-4-19-20(16)32-12-27-19)18(11-25-13)22(31)30-24-29-21-23(33-24)28-15(10-26-21)8-7-14-5-6-14/h2-4,9-12,14H,5-6H2,1H3,(H,26,29,30,31). The average Bonchev–Trinajstić information content (AvgIpc) is 3.36. The number of rotatable bonds is 3. The number of oxazole rings is 1. The van der Waals surface area contributed by atoms with Gasteiger partial charge in [0.1, 0.15) is 11.2 Å². The Morgan fingerprint density at radius 3 is 2.94 bits per heavy atom. The molecule has 0 radical (unpaired) electrons. The number of nitrogens with one attached hydrogen (secondary N) is 1. The highest BCUT2D eigenvalue weighted by molar-refractivity contribution is 7.21. The SMILES string of the molecule is Cc1cc(-c2cccc3ncoc23)c(C(=O)Nc2nc3ncc(C#CC4CC4)nc3s2)cn1. The number of carbonyl (C=O) groups excluding carboxylic acids is 1. The summed E-state index contributed by atoms with van der Waals surface area (Å²) in [7, 11) is 0. The van der Waals surface area contributed by atoms with E-state index in [9.17, 15) is 4.79 Å². The molecule has 0 aliphatic heterocycles. The fourth-order valence-corrected chi connectivity index (χ4v) is 4.26. The zero-order valence-corrected chi connectivity index (χ0v) is 18.3. The Labute approximate surface area is 192 Å². The minimum absolute atomic E-state index is 0.332. The maximum atomic E-state index is 13.2. The second-order valence-corrected chi connectivity index (χ2v) is 8.76. The van der Waals surface area contributed by atoms with Gasteiger partial charge in [0, 0.05) is 28.9 Å². The number of aromatic nitrogens is 5. The highest BCUT2D eigenvalue weighted by Crippen LogP contribution is 2.32. The van der Waals surface area contributed by atoms with Crippen LogP contribution in [0.15, 0.2) is 47.5 Å². The highest BCUT2D eigenvalue weighted by atomic mass is 32.1. The van der Waals surface area contributed by atoms with Gasteiger partial charge < -0.3 is 4.42 Å². The van der Waals surface area contributed by atoms with Crippen LogP contribution in [-0.2, 0) is 0 Å². The van der Waals surface area contributed by atoms with Gasteiger partial charge in [-0.3, -0.25) is 15.1 Å². The van der Waals surface area contributed by atoms with E-state index in [0.29, 0.717) is 43.9 Å². The summed E-state index contributed by atoms with van der Waals surface area (Å²) in [5.41, 5.74) is 5.08. The Morgan fingerprint density at radius 2 is 2.06 bits per heavy atom. The van der Waals surface area contributed by atoms with Crippen LogP contribution in [0.5, 0.6) is 0 Å². The summed E-state index contributed by atoms with van der Waals surface area (Å²) in [5.74, 6) is 6.40. The minimum Gasteiger partial charge on any atom is -0.443 e. The van der Waals surface area contributed by atoms with E-state index in [-0.39, 0.29) is 5.91 Å². The number of hydrogen-bond acceptors (Lipinski definition) is 8. The van der Waals surface area contributed by atoms with E-state index in [1.54, 1.807) is 12.4 Å². The molecule has 9 heteroatoms. The van der Waals surface area contributed by atoms with Gasteiger partial charge in [0.15, 0.2) is 27.6 Å². The first-order valence-corrected chi connectivity index (χ1v) is 11.2. The van der Waals surface area contributed by atoms with Gasteiger partial charge in [-0.1, -0.05) is 29.4 Å². The van der Waals surface area contributed by atoms with Crippen molar-refractivity contribution < 1.29 is 9.21 Å². The number of nitrogens with zero attached hydrogens (tertiary/aromatic N) is 5. The number of amides is 1. The molecule has 1 aliphatic rings. The van der Waals surface area contributed by atoms with E-state index in [1.807, 2.05) is 31.2 Å². The van der Waals surface area contributed by atoms with Crippen molar-refractivity contribution in [2.45, 2.75) is 19.8 Å². The fraction of sp³-hybridized carbons (Fsp3) is 0.167. The maximum Gasteiger partial charge on any atom is 0.259 e. The molecule has 1 N–H and O–H groups in total. The average molecular weight is 452 g/mol. The summed E-state index contributed by atoms with van der Waals surface area (Å²) >= 11 is 1.26. The largest absolute Gasteiger partial charge is 0.443 e. The van der Waals surface area contributed by atoms with E-state index in [2.05, 4.69) is 42.1 Å². The van der Waals surface area contributed by atoms with Gasteiger partial charge in [-0.2, -0.15) is 4.98 Å². The van der Waals surface area contributed by atoms with E-state index < -0.39 is 0 Å². The summed E-state index contributed by atoms with van der Waals surface area (Å²) < 4.78 is 5.58. The van der Waals surface area contributed by atoms with Crippen molar-refractivity contribution in [3.63, 3.8) is 0 Å². The van der Waals surface area contributed by atoms with Gasteiger partial charge in [-0.15, -0.1) is 0 Å². The lowest BCUT2D eigenvalue weighted by molar-refractivity contribution is 0.102. The molecule has 160 valence electrons. The zero-order valence-electron chi connectivity index (χ0n) is 17.5. The summed E-state index contributed by atoms with van der Waals surface area (Å²) in [6.07, 6.45) is 6.88. The smallest absolute Gasteiger partial charge is 0.259 e. The number of para-hydroxylation sites is 1. The molecule has 1 aromatic carbocycles. The van der Waals surface area contributed by atoms with Crippen molar-refractivity contribution in [3.8, 4) is 23.0 Å². The number of thiazole rings is 1. The van der Waals surface area contributed by atoms with Crippen LogP contribution < -0.4 is 5.32 Å². The third-order valence-electron chi connectivity index (χ3n) is 5.26. The number of anilines is 1. The van der Waals surface area contributed by atoms with E-state index in [1.165, 1.54) is 17.7 Å². The van der Waals surface area contributed by atoms with E-state index in [4.69, 9.17) is 4.42 Å². The normalized spacial score (nSPS) is 13.1. The first-order chi connectivity index (χ1) is 16.1. The summed E-state index contributed by atoms with van der Waals surface area (Å²) in [6, 6.07) is 7.50. The van der Waals surface area contributed by atoms with Crippen molar-refractivity contribution in [1.29, 1.82) is 0 Å². The number of fused-ring (bicyclic) bond motifs is 2. The monoisotopic (exact) mass is 452 g/mol. The van der Waals surface area contributed by atoms with Crippen LogP contribution in [0.25, 0.3) is 32.7 Å². The van der Waals surface area contributed by atoms with Gasteiger partial charge in [0.2, 0.25) is 0 Å². The molecule has 0 spiro atoms.